The number of hydrogen-bond donors (Lipinski definition) is 1. The van der Waals surface area contributed by atoms with Crippen molar-refractivity contribution in [3.05, 3.63) is 0 Å². The molecule has 2 aliphatic heterocycles. The summed E-state index contributed by atoms with van der Waals surface area (Å²) in [6, 6.07) is 0.593. The number of hydrogen-bond acceptors (Lipinski definition) is 4. The fourth-order valence-electron chi connectivity index (χ4n) is 2.92. The highest BCUT2D eigenvalue weighted by Crippen LogP contribution is 2.21. The van der Waals surface area contributed by atoms with Crippen LogP contribution in [0.25, 0.3) is 0 Å². The van der Waals surface area contributed by atoms with Gasteiger partial charge in [-0.05, 0) is 25.2 Å². The summed E-state index contributed by atoms with van der Waals surface area (Å²) in [4.78, 5) is 0. The molecule has 0 saturated carbocycles. The third-order valence-electron chi connectivity index (χ3n) is 4.01. The Balaban J connectivity index is 1.85. The summed E-state index contributed by atoms with van der Waals surface area (Å²) in [6.45, 7) is 5.23. The van der Waals surface area contributed by atoms with Crippen LogP contribution in [0, 0.1) is 5.92 Å². The second kappa shape index (κ2) is 5.86. The molecule has 0 unspecified atom stereocenters. The van der Waals surface area contributed by atoms with E-state index in [0.29, 0.717) is 18.5 Å². The number of nitrogens with zero attached hydrogens (tertiary/aromatic N) is 1. The fraction of sp³-hybridized carbons (Fsp3) is 1.00. The molecule has 0 radical (unpaired) electrons. The molecule has 0 aromatic carbocycles. The molecule has 2 heterocycles. The third kappa shape index (κ3) is 3.44. The molecule has 18 heavy (non-hydrogen) atoms. The van der Waals surface area contributed by atoms with Crippen molar-refractivity contribution in [2.75, 3.05) is 32.6 Å². The van der Waals surface area contributed by atoms with Gasteiger partial charge in [0, 0.05) is 31.8 Å². The Bertz CT molecular complexity index is 372. The van der Waals surface area contributed by atoms with E-state index < -0.39 is 10.0 Å². The van der Waals surface area contributed by atoms with Crippen LogP contribution in [0.4, 0.5) is 0 Å². The Labute approximate surface area is 110 Å². The topological polar surface area (TPSA) is 58.6 Å². The van der Waals surface area contributed by atoms with Crippen molar-refractivity contribution >= 4 is 10.0 Å². The van der Waals surface area contributed by atoms with Gasteiger partial charge in [-0.25, -0.2) is 8.42 Å². The maximum Gasteiger partial charge on any atom is 0.211 e. The zero-order valence-corrected chi connectivity index (χ0v) is 12.1. The van der Waals surface area contributed by atoms with Crippen molar-refractivity contribution in [3.63, 3.8) is 0 Å². The first-order valence-corrected chi connectivity index (χ1v) is 8.61. The Morgan fingerprint density at radius 1 is 1.39 bits per heavy atom. The molecule has 1 N–H and O–H groups in total. The van der Waals surface area contributed by atoms with Gasteiger partial charge in [0.25, 0.3) is 0 Å². The predicted molar refractivity (Wildman–Crippen MR) is 71.0 cm³/mol. The average Bonchev–Trinajstić information content (AvgIpc) is 2.76. The molecule has 0 amide bonds. The van der Waals surface area contributed by atoms with Gasteiger partial charge in [0.2, 0.25) is 10.0 Å². The molecule has 0 spiro atoms. The monoisotopic (exact) mass is 276 g/mol. The van der Waals surface area contributed by atoms with Crippen molar-refractivity contribution in [1.82, 2.24) is 9.62 Å². The molecule has 106 valence electrons. The van der Waals surface area contributed by atoms with Crippen LogP contribution in [0.3, 0.4) is 0 Å². The first-order chi connectivity index (χ1) is 8.48. The van der Waals surface area contributed by atoms with E-state index >= 15 is 0 Å². The number of ether oxygens (including phenoxy) is 1. The van der Waals surface area contributed by atoms with Gasteiger partial charge in [-0.15, -0.1) is 0 Å². The molecule has 5 nitrogen and oxygen atoms in total. The lowest BCUT2D eigenvalue weighted by Gasteiger charge is -2.32. The van der Waals surface area contributed by atoms with Gasteiger partial charge in [0.1, 0.15) is 0 Å². The molecule has 2 aliphatic rings. The number of rotatable bonds is 4. The molecule has 0 aromatic rings. The van der Waals surface area contributed by atoms with Crippen LogP contribution in [0.1, 0.15) is 26.2 Å². The minimum Gasteiger partial charge on any atom is -0.381 e. The van der Waals surface area contributed by atoms with E-state index in [1.54, 1.807) is 4.31 Å². The van der Waals surface area contributed by atoms with Crippen LogP contribution in [-0.2, 0) is 14.8 Å². The van der Waals surface area contributed by atoms with Crippen molar-refractivity contribution in [3.8, 4) is 0 Å². The maximum absolute atomic E-state index is 11.6. The summed E-state index contributed by atoms with van der Waals surface area (Å²) in [5.41, 5.74) is 0. The Hall–Kier alpha value is -0.170. The van der Waals surface area contributed by atoms with E-state index in [4.69, 9.17) is 4.74 Å². The van der Waals surface area contributed by atoms with E-state index in [2.05, 4.69) is 12.2 Å². The lowest BCUT2D eigenvalue weighted by Crippen LogP contribution is -2.48. The normalized spacial score (nSPS) is 34.9. The van der Waals surface area contributed by atoms with Gasteiger partial charge in [-0.2, -0.15) is 4.31 Å². The lowest BCUT2D eigenvalue weighted by atomic mass is 9.97. The van der Waals surface area contributed by atoms with Crippen molar-refractivity contribution in [2.45, 2.75) is 38.3 Å². The smallest absolute Gasteiger partial charge is 0.211 e. The van der Waals surface area contributed by atoms with Gasteiger partial charge in [-0.3, -0.25) is 0 Å². The van der Waals surface area contributed by atoms with Crippen LogP contribution in [0.5, 0.6) is 0 Å². The zero-order chi connectivity index (χ0) is 13.2. The van der Waals surface area contributed by atoms with Crippen LogP contribution in [0.2, 0.25) is 0 Å². The molecule has 0 bridgehead atoms. The standard InChI is InChI=1S/C12H24N2O3S/c1-10-9-17-7-5-12(10)13-8-11-4-3-6-14(11)18(2,15)16/h10-13H,3-9H2,1-2H3/t10-,11-,12-/m1/s1. The summed E-state index contributed by atoms with van der Waals surface area (Å²) in [5, 5.41) is 3.53. The van der Waals surface area contributed by atoms with E-state index in [9.17, 15) is 8.42 Å². The second-order valence-electron chi connectivity index (χ2n) is 5.53. The zero-order valence-electron chi connectivity index (χ0n) is 11.3. The summed E-state index contributed by atoms with van der Waals surface area (Å²) >= 11 is 0. The molecule has 2 fully saturated rings. The number of nitrogens with one attached hydrogen (secondary N) is 1. The molecule has 0 aromatic heterocycles. The summed E-state index contributed by atoms with van der Waals surface area (Å²) < 4.78 is 30.3. The quantitative estimate of drug-likeness (QED) is 0.809. The van der Waals surface area contributed by atoms with Gasteiger partial charge in [0.15, 0.2) is 0 Å². The molecular formula is C12H24N2O3S. The van der Waals surface area contributed by atoms with Crippen LogP contribution >= 0.6 is 0 Å². The Kier molecular flexibility index (Phi) is 4.64. The summed E-state index contributed by atoms with van der Waals surface area (Å²) in [5.74, 6) is 0.506. The Morgan fingerprint density at radius 2 is 2.17 bits per heavy atom. The summed E-state index contributed by atoms with van der Waals surface area (Å²) in [7, 11) is -3.05. The molecular weight excluding hydrogens is 252 g/mol. The fourth-order valence-corrected chi connectivity index (χ4v) is 4.10. The average molecular weight is 276 g/mol. The Morgan fingerprint density at radius 3 is 2.83 bits per heavy atom. The van der Waals surface area contributed by atoms with E-state index in [-0.39, 0.29) is 6.04 Å². The molecule has 2 rings (SSSR count). The molecule has 0 aliphatic carbocycles. The molecule has 2 saturated heterocycles. The predicted octanol–water partition coefficient (Wildman–Crippen LogP) is 0.425. The summed E-state index contributed by atoms with van der Waals surface area (Å²) in [6.07, 6.45) is 4.27. The molecule has 6 heteroatoms. The van der Waals surface area contributed by atoms with Crippen LogP contribution < -0.4 is 5.32 Å². The SMILES string of the molecule is C[C@@H]1COCC[C@H]1NC[C@H]1CCCN1S(C)(=O)=O. The van der Waals surface area contributed by atoms with Crippen LogP contribution in [0.15, 0.2) is 0 Å². The highest BCUT2D eigenvalue weighted by atomic mass is 32.2. The minimum absolute atomic E-state index is 0.134. The first kappa shape index (κ1) is 14.2. The van der Waals surface area contributed by atoms with Gasteiger partial charge < -0.3 is 10.1 Å². The minimum atomic E-state index is -3.05. The van der Waals surface area contributed by atoms with E-state index in [0.717, 1.165) is 39.0 Å². The lowest BCUT2D eigenvalue weighted by molar-refractivity contribution is 0.0381. The third-order valence-corrected chi connectivity index (χ3v) is 5.34. The van der Waals surface area contributed by atoms with Crippen molar-refractivity contribution in [2.24, 2.45) is 5.92 Å². The largest absolute Gasteiger partial charge is 0.381 e. The number of sulfonamides is 1. The van der Waals surface area contributed by atoms with Gasteiger partial charge in [-0.1, -0.05) is 6.92 Å². The van der Waals surface area contributed by atoms with Crippen molar-refractivity contribution in [1.29, 1.82) is 0 Å². The highest BCUT2D eigenvalue weighted by molar-refractivity contribution is 7.88. The second-order valence-corrected chi connectivity index (χ2v) is 7.46. The first-order valence-electron chi connectivity index (χ1n) is 6.76. The van der Waals surface area contributed by atoms with Gasteiger partial charge >= 0.3 is 0 Å². The van der Waals surface area contributed by atoms with Crippen molar-refractivity contribution < 1.29 is 13.2 Å². The highest BCUT2D eigenvalue weighted by Gasteiger charge is 2.32. The molecule has 3 atom stereocenters. The van der Waals surface area contributed by atoms with Crippen LogP contribution in [-0.4, -0.2) is 57.4 Å². The van der Waals surface area contributed by atoms with E-state index in [1.807, 2.05) is 0 Å². The van der Waals surface area contributed by atoms with E-state index in [1.165, 1.54) is 6.26 Å². The maximum atomic E-state index is 11.6. The van der Waals surface area contributed by atoms with Gasteiger partial charge in [0.05, 0.1) is 12.9 Å².